The molecule has 3 aliphatic carbocycles. The van der Waals surface area contributed by atoms with Gasteiger partial charge in [-0.05, 0) is 74.0 Å². The Morgan fingerprint density at radius 2 is 1.05 bits per heavy atom. The van der Waals surface area contributed by atoms with Gasteiger partial charge in [0.25, 0.3) is 0 Å². The molecule has 0 amide bonds. The fourth-order valence-electron chi connectivity index (χ4n) is 6.33. The summed E-state index contributed by atoms with van der Waals surface area (Å²) in [6.07, 6.45) is 18.5. The molecule has 0 aliphatic heterocycles. The van der Waals surface area contributed by atoms with Crippen molar-refractivity contribution in [2.24, 2.45) is 35.5 Å². The number of hydrogen-bond acceptors (Lipinski definition) is 0. The summed E-state index contributed by atoms with van der Waals surface area (Å²) in [5.74, 6) is 6.73. The third-order valence-electron chi connectivity index (χ3n) is 7.15. The maximum Gasteiger partial charge on any atom is -0.0355 e. The first-order valence-electron chi connectivity index (χ1n) is 9.81. The van der Waals surface area contributed by atoms with E-state index in [2.05, 4.69) is 13.8 Å². The molecule has 0 bridgehead atoms. The SMILES string of the molecule is CCCC1CCC2C(CCC3CC(CCC)CCC32)C1. The standard InChI is InChI=1S/C20H36/c1-3-5-15-7-11-19-17(13-15)9-10-18-14-16(6-4-2)8-12-20(18)19/h15-20H,3-14H2,1-2H3. The minimum absolute atomic E-state index is 1.09. The summed E-state index contributed by atoms with van der Waals surface area (Å²) in [6.45, 7) is 4.75. The first-order chi connectivity index (χ1) is 9.81. The topological polar surface area (TPSA) is 0 Å². The predicted octanol–water partition coefficient (Wildman–Crippen LogP) is 6.45. The van der Waals surface area contributed by atoms with Gasteiger partial charge in [0.1, 0.15) is 0 Å². The molecule has 3 aliphatic rings. The second-order valence-corrected chi connectivity index (χ2v) is 8.36. The van der Waals surface area contributed by atoms with Crippen molar-refractivity contribution in [3.8, 4) is 0 Å². The molecule has 3 saturated carbocycles. The third kappa shape index (κ3) is 3.09. The lowest BCUT2D eigenvalue weighted by Crippen LogP contribution is -2.41. The molecule has 0 aromatic carbocycles. The third-order valence-corrected chi connectivity index (χ3v) is 7.15. The lowest BCUT2D eigenvalue weighted by molar-refractivity contribution is -0.00417. The van der Waals surface area contributed by atoms with E-state index >= 15 is 0 Å². The van der Waals surface area contributed by atoms with Gasteiger partial charge < -0.3 is 0 Å². The second kappa shape index (κ2) is 6.84. The van der Waals surface area contributed by atoms with Crippen LogP contribution in [0.3, 0.4) is 0 Å². The van der Waals surface area contributed by atoms with Gasteiger partial charge in [-0.2, -0.15) is 0 Å². The van der Waals surface area contributed by atoms with Crippen LogP contribution in [-0.4, -0.2) is 0 Å². The molecular weight excluding hydrogens is 240 g/mol. The summed E-state index contributed by atoms with van der Waals surface area (Å²) >= 11 is 0. The van der Waals surface area contributed by atoms with E-state index in [4.69, 9.17) is 0 Å². The fraction of sp³-hybridized carbons (Fsp3) is 1.00. The van der Waals surface area contributed by atoms with Gasteiger partial charge in [-0.3, -0.25) is 0 Å². The van der Waals surface area contributed by atoms with Crippen LogP contribution in [0.15, 0.2) is 0 Å². The fourth-order valence-corrected chi connectivity index (χ4v) is 6.33. The summed E-state index contributed by atoms with van der Waals surface area (Å²) in [5, 5.41) is 0. The molecule has 3 fully saturated rings. The molecular formula is C20H36. The zero-order valence-electron chi connectivity index (χ0n) is 13.9. The van der Waals surface area contributed by atoms with E-state index in [1.54, 1.807) is 51.4 Å². The van der Waals surface area contributed by atoms with Gasteiger partial charge in [0.05, 0.1) is 0 Å². The lowest BCUT2D eigenvalue weighted by atomic mass is 9.55. The van der Waals surface area contributed by atoms with Gasteiger partial charge in [-0.1, -0.05) is 52.4 Å². The molecule has 0 nitrogen and oxygen atoms in total. The van der Waals surface area contributed by atoms with E-state index < -0.39 is 0 Å². The van der Waals surface area contributed by atoms with Crippen molar-refractivity contribution in [1.82, 2.24) is 0 Å². The smallest absolute Gasteiger partial charge is 0.0355 e. The summed E-state index contributed by atoms with van der Waals surface area (Å²) in [6, 6.07) is 0. The summed E-state index contributed by atoms with van der Waals surface area (Å²) < 4.78 is 0. The Morgan fingerprint density at radius 3 is 1.45 bits per heavy atom. The summed E-state index contributed by atoms with van der Waals surface area (Å²) in [5.41, 5.74) is 0. The van der Waals surface area contributed by atoms with Crippen molar-refractivity contribution in [3.63, 3.8) is 0 Å². The van der Waals surface area contributed by atoms with Crippen LogP contribution >= 0.6 is 0 Å². The largest absolute Gasteiger partial charge is 0.0654 e. The highest BCUT2D eigenvalue weighted by Gasteiger charge is 2.44. The highest BCUT2D eigenvalue weighted by Crippen LogP contribution is 2.54. The first kappa shape index (κ1) is 14.9. The zero-order valence-corrected chi connectivity index (χ0v) is 13.9. The van der Waals surface area contributed by atoms with Crippen molar-refractivity contribution in [2.75, 3.05) is 0 Å². The van der Waals surface area contributed by atoms with Crippen LogP contribution in [0.25, 0.3) is 0 Å². The lowest BCUT2D eigenvalue weighted by Gasteiger charge is -2.51. The molecule has 3 rings (SSSR count). The van der Waals surface area contributed by atoms with Gasteiger partial charge in [-0.15, -0.1) is 0 Å². The molecule has 0 aromatic rings. The Labute approximate surface area is 127 Å². The average molecular weight is 277 g/mol. The Bertz CT molecular complexity index is 264. The Balaban J connectivity index is 1.57. The maximum absolute atomic E-state index is 2.37. The molecule has 0 radical (unpaired) electrons. The molecule has 0 aromatic heterocycles. The maximum atomic E-state index is 2.37. The summed E-state index contributed by atoms with van der Waals surface area (Å²) in [4.78, 5) is 0. The van der Waals surface area contributed by atoms with Crippen molar-refractivity contribution in [1.29, 1.82) is 0 Å². The average Bonchev–Trinajstić information content (AvgIpc) is 2.47. The molecule has 0 heterocycles. The predicted molar refractivity (Wildman–Crippen MR) is 87.7 cm³/mol. The van der Waals surface area contributed by atoms with E-state index in [-0.39, 0.29) is 0 Å². The molecule has 0 heteroatoms. The Hall–Kier alpha value is 0. The van der Waals surface area contributed by atoms with E-state index in [9.17, 15) is 0 Å². The quantitative estimate of drug-likeness (QED) is 0.554. The first-order valence-corrected chi connectivity index (χ1v) is 9.81. The highest BCUT2D eigenvalue weighted by atomic mass is 14.5. The van der Waals surface area contributed by atoms with Crippen LogP contribution in [0.5, 0.6) is 0 Å². The van der Waals surface area contributed by atoms with Crippen LogP contribution in [0, 0.1) is 35.5 Å². The highest BCUT2D eigenvalue weighted by molar-refractivity contribution is 4.94. The van der Waals surface area contributed by atoms with Crippen LogP contribution < -0.4 is 0 Å². The minimum Gasteiger partial charge on any atom is -0.0654 e. The number of rotatable bonds is 4. The normalized spacial score (nSPS) is 44.7. The van der Waals surface area contributed by atoms with Crippen LogP contribution in [0.4, 0.5) is 0 Å². The van der Waals surface area contributed by atoms with Crippen LogP contribution in [0.2, 0.25) is 0 Å². The van der Waals surface area contributed by atoms with Crippen LogP contribution in [0.1, 0.15) is 90.9 Å². The van der Waals surface area contributed by atoms with Crippen molar-refractivity contribution < 1.29 is 0 Å². The molecule has 6 unspecified atom stereocenters. The van der Waals surface area contributed by atoms with Crippen LogP contribution in [-0.2, 0) is 0 Å². The zero-order chi connectivity index (χ0) is 13.9. The molecule has 0 spiro atoms. The van der Waals surface area contributed by atoms with Gasteiger partial charge >= 0.3 is 0 Å². The number of fused-ring (bicyclic) bond motifs is 3. The Morgan fingerprint density at radius 1 is 0.600 bits per heavy atom. The summed E-state index contributed by atoms with van der Waals surface area (Å²) in [7, 11) is 0. The second-order valence-electron chi connectivity index (χ2n) is 8.36. The number of hydrogen-bond donors (Lipinski definition) is 0. The molecule has 20 heavy (non-hydrogen) atoms. The van der Waals surface area contributed by atoms with Crippen molar-refractivity contribution >= 4 is 0 Å². The van der Waals surface area contributed by atoms with E-state index in [0.717, 1.165) is 35.5 Å². The van der Waals surface area contributed by atoms with Gasteiger partial charge in [0, 0.05) is 0 Å². The molecule has 0 N–H and O–H groups in total. The Kier molecular flexibility index (Phi) is 5.10. The van der Waals surface area contributed by atoms with Gasteiger partial charge in [0.15, 0.2) is 0 Å². The monoisotopic (exact) mass is 276 g/mol. The van der Waals surface area contributed by atoms with Crippen molar-refractivity contribution in [3.05, 3.63) is 0 Å². The van der Waals surface area contributed by atoms with E-state index in [1.807, 2.05) is 0 Å². The molecule has 0 saturated heterocycles. The van der Waals surface area contributed by atoms with Crippen molar-refractivity contribution in [2.45, 2.75) is 90.9 Å². The van der Waals surface area contributed by atoms with Gasteiger partial charge in [0.2, 0.25) is 0 Å². The minimum atomic E-state index is 1.09. The van der Waals surface area contributed by atoms with Gasteiger partial charge in [-0.25, -0.2) is 0 Å². The van der Waals surface area contributed by atoms with E-state index in [0.29, 0.717) is 0 Å². The molecule has 116 valence electrons. The van der Waals surface area contributed by atoms with E-state index in [1.165, 1.54) is 25.7 Å². The molecule has 6 atom stereocenters.